The number of phenols is 2. The summed E-state index contributed by atoms with van der Waals surface area (Å²) in [5, 5.41) is 19.6. The van der Waals surface area contributed by atoms with E-state index >= 15 is 0 Å². The van der Waals surface area contributed by atoms with E-state index in [1.54, 1.807) is 18.5 Å². The first-order chi connectivity index (χ1) is 10.2. The largest absolute Gasteiger partial charge is 0.508 e. The van der Waals surface area contributed by atoms with Crippen LogP contribution < -0.4 is 0 Å². The van der Waals surface area contributed by atoms with Crippen molar-refractivity contribution in [1.29, 1.82) is 0 Å². The molecule has 2 N–H and O–H groups in total. The fourth-order valence-electron chi connectivity index (χ4n) is 2.75. The van der Waals surface area contributed by atoms with Gasteiger partial charge in [0.05, 0.1) is 6.04 Å². The molecule has 0 bridgehead atoms. The second kappa shape index (κ2) is 5.44. The summed E-state index contributed by atoms with van der Waals surface area (Å²) in [6.07, 6.45) is 5.42. The van der Waals surface area contributed by atoms with Gasteiger partial charge >= 0.3 is 0 Å². The van der Waals surface area contributed by atoms with E-state index in [2.05, 4.69) is 21.4 Å². The summed E-state index contributed by atoms with van der Waals surface area (Å²) in [6.45, 7) is 4.91. The minimum atomic E-state index is 0.0560. The number of likely N-dealkylation sites (tertiary alicyclic amines) is 1. The van der Waals surface area contributed by atoms with Crippen LogP contribution in [-0.4, -0.2) is 31.6 Å². The molecule has 1 fully saturated rings. The molecule has 2 heterocycles. The van der Waals surface area contributed by atoms with Gasteiger partial charge in [-0.2, -0.15) is 0 Å². The summed E-state index contributed by atoms with van der Waals surface area (Å²) in [5.74, 6) is 0.976. The zero-order valence-corrected chi connectivity index (χ0v) is 11.6. The minimum absolute atomic E-state index is 0.0560. The molecule has 0 aliphatic carbocycles. The minimum Gasteiger partial charge on any atom is -0.508 e. The molecular weight excluding hydrogens is 266 g/mol. The van der Waals surface area contributed by atoms with Crippen molar-refractivity contribution >= 4 is 5.70 Å². The Morgan fingerprint density at radius 1 is 1.24 bits per heavy atom. The van der Waals surface area contributed by atoms with Crippen LogP contribution in [0.3, 0.4) is 0 Å². The summed E-state index contributed by atoms with van der Waals surface area (Å²) < 4.78 is 0. The zero-order chi connectivity index (χ0) is 14.8. The van der Waals surface area contributed by atoms with Crippen molar-refractivity contribution in [3.8, 4) is 11.5 Å². The molecule has 1 unspecified atom stereocenters. The second-order valence-corrected chi connectivity index (χ2v) is 5.11. The normalized spacial score (nSPS) is 17.9. The van der Waals surface area contributed by atoms with E-state index in [9.17, 15) is 10.2 Å². The van der Waals surface area contributed by atoms with Gasteiger partial charge in [-0.05, 0) is 37.1 Å². The van der Waals surface area contributed by atoms with Crippen molar-refractivity contribution in [3.63, 3.8) is 0 Å². The quantitative estimate of drug-likeness (QED) is 0.848. The maximum absolute atomic E-state index is 9.99. The van der Waals surface area contributed by atoms with Crippen molar-refractivity contribution < 1.29 is 10.2 Å². The number of hydrogen-bond donors (Lipinski definition) is 2. The molecule has 0 saturated carbocycles. The Morgan fingerprint density at radius 2 is 2.00 bits per heavy atom. The third-order valence-corrected chi connectivity index (χ3v) is 3.77. The lowest BCUT2D eigenvalue weighted by Crippen LogP contribution is -2.22. The van der Waals surface area contributed by atoms with Gasteiger partial charge in [-0.15, -0.1) is 0 Å². The molecule has 0 radical (unpaired) electrons. The summed E-state index contributed by atoms with van der Waals surface area (Å²) in [5.41, 5.74) is 1.22. The van der Waals surface area contributed by atoms with Gasteiger partial charge in [-0.25, -0.2) is 9.97 Å². The van der Waals surface area contributed by atoms with Gasteiger partial charge in [-0.3, -0.25) is 0 Å². The standard InChI is InChI=1S/C16H17N3O2/c1-11(13-10-12(20)5-6-15(13)21)19-9-2-4-14(19)16-17-7-3-8-18-16/h3,5-8,10,14,20-21H,1-2,4,9H2. The van der Waals surface area contributed by atoms with E-state index in [0.717, 1.165) is 25.2 Å². The molecule has 0 amide bonds. The molecule has 1 aliphatic rings. The second-order valence-electron chi connectivity index (χ2n) is 5.11. The molecule has 2 aromatic rings. The van der Waals surface area contributed by atoms with Crippen molar-refractivity contribution in [2.75, 3.05) is 6.54 Å². The van der Waals surface area contributed by atoms with Gasteiger partial charge in [0.15, 0.2) is 5.82 Å². The van der Waals surface area contributed by atoms with E-state index in [0.29, 0.717) is 11.3 Å². The highest BCUT2D eigenvalue weighted by atomic mass is 16.3. The third kappa shape index (κ3) is 2.54. The van der Waals surface area contributed by atoms with Gasteiger partial charge < -0.3 is 15.1 Å². The Morgan fingerprint density at radius 3 is 2.76 bits per heavy atom. The molecule has 3 rings (SSSR count). The summed E-state index contributed by atoms with van der Waals surface area (Å²) in [4.78, 5) is 10.7. The first kappa shape index (κ1) is 13.4. The fraction of sp³-hybridized carbons (Fsp3) is 0.250. The number of rotatable bonds is 3. The van der Waals surface area contributed by atoms with Gasteiger partial charge in [0.1, 0.15) is 11.5 Å². The molecule has 1 aromatic carbocycles. The lowest BCUT2D eigenvalue weighted by atomic mass is 10.1. The van der Waals surface area contributed by atoms with Gasteiger partial charge in [0, 0.05) is 30.2 Å². The van der Waals surface area contributed by atoms with Crippen LogP contribution in [0.2, 0.25) is 0 Å². The van der Waals surface area contributed by atoms with Crippen molar-refractivity contribution in [1.82, 2.24) is 14.9 Å². The molecule has 1 saturated heterocycles. The van der Waals surface area contributed by atoms with Gasteiger partial charge in [0.25, 0.3) is 0 Å². The average Bonchev–Trinajstić information content (AvgIpc) is 2.99. The SMILES string of the molecule is C=C(c1cc(O)ccc1O)N1CCCC1c1ncccn1. The van der Waals surface area contributed by atoms with E-state index < -0.39 is 0 Å². The first-order valence-electron chi connectivity index (χ1n) is 6.91. The van der Waals surface area contributed by atoms with E-state index in [-0.39, 0.29) is 17.5 Å². The zero-order valence-electron chi connectivity index (χ0n) is 11.6. The molecule has 0 spiro atoms. The van der Waals surface area contributed by atoms with E-state index in [4.69, 9.17) is 0 Å². The van der Waals surface area contributed by atoms with Crippen LogP contribution in [0.25, 0.3) is 5.70 Å². The Kier molecular flexibility index (Phi) is 3.48. The maximum Gasteiger partial charge on any atom is 0.150 e. The number of aromatic nitrogens is 2. The Labute approximate surface area is 123 Å². The number of benzene rings is 1. The molecular formula is C16H17N3O2. The van der Waals surface area contributed by atoms with Crippen LogP contribution in [0.5, 0.6) is 11.5 Å². The number of aromatic hydroxyl groups is 2. The Hall–Kier alpha value is -2.56. The van der Waals surface area contributed by atoms with E-state index in [1.165, 1.54) is 18.2 Å². The lowest BCUT2D eigenvalue weighted by molar-refractivity contribution is 0.362. The highest BCUT2D eigenvalue weighted by Crippen LogP contribution is 2.39. The van der Waals surface area contributed by atoms with Crippen molar-refractivity contribution in [2.24, 2.45) is 0 Å². The Bertz CT molecular complexity index is 658. The van der Waals surface area contributed by atoms with Crippen LogP contribution in [0, 0.1) is 0 Å². The fourth-order valence-corrected chi connectivity index (χ4v) is 2.75. The smallest absolute Gasteiger partial charge is 0.150 e. The lowest BCUT2D eigenvalue weighted by Gasteiger charge is -2.28. The highest BCUT2D eigenvalue weighted by molar-refractivity contribution is 5.69. The molecule has 21 heavy (non-hydrogen) atoms. The van der Waals surface area contributed by atoms with Crippen LogP contribution in [0.4, 0.5) is 0 Å². The third-order valence-electron chi connectivity index (χ3n) is 3.77. The highest BCUT2D eigenvalue weighted by Gasteiger charge is 2.30. The van der Waals surface area contributed by atoms with Crippen LogP contribution in [-0.2, 0) is 0 Å². The summed E-state index contributed by atoms with van der Waals surface area (Å²) in [7, 11) is 0. The molecule has 5 nitrogen and oxygen atoms in total. The molecule has 1 atom stereocenters. The predicted octanol–water partition coefficient (Wildman–Crippen LogP) is 2.70. The predicted molar refractivity (Wildman–Crippen MR) is 79.5 cm³/mol. The maximum atomic E-state index is 9.99. The molecule has 1 aromatic heterocycles. The summed E-state index contributed by atoms with van der Waals surface area (Å²) in [6, 6.07) is 6.30. The molecule has 5 heteroatoms. The summed E-state index contributed by atoms with van der Waals surface area (Å²) >= 11 is 0. The van der Waals surface area contributed by atoms with E-state index in [1.807, 2.05) is 0 Å². The monoisotopic (exact) mass is 283 g/mol. The van der Waals surface area contributed by atoms with Crippen molar-refractivity contribution in [3.05, 3.63) is 54.6 Å². The first-order valence-corrected chi connectivity index (χ1v) is 6.91. The van der Waals surface area contributed by atoms with Crippen LogP contribution >= 0.6 is 0 Å². The number of hydrogen-bond acceptors (Lipinski definition) is 5. The van der Waals surface area contributed by atoms with Gasteiger partial charge in [-0.1, -0.05) is 6.58 Å². The topological polar surface area (TPSA) is 69.5 Å². The van der Waals surface area contributed by atoms with Crippen molar-refractivity contribution in [2.45, 2.75) is 18.9 Å². The number of nitrogens with zero attached hydrogens (tertiary/aromatic N) is 3. The molecule has 1 aliphatic heterocycles. The van der Waals surface area contributed by atoms with Crippen LogP contribution in [0.1, 0.15) is 30.3 Å². The Balaban J connectivity index is 1.92. The van der Waals surface area contributed by atoms with Gasteiger partial charge in [0.2, 0.25) is 0 Å². The molecule has 108 valence electrons. The average molecular weight is 283 g/mol. The number of phenolic OH excluding ortho intramolecular Hbond substituents is 2. The van der Waals surface area contributed by atoms with Crippen LogP contribution in [0.15, 0.2) is 43.2 Å².